The first-order valence-electron chi connectivity index (χ1n) is 4.61. The summed E-state index contributed by atoms with van der Waals surface area (Å²) in [5, 5.41) is 0. The molecule has 0 rings (SSSR count). The molecule has 1 unspecified atom stereocenters. The standard InChI is InChI=1S/C10H18O2/c1-4-5-6-10(12)9(7-11)8(2)3/h7-9H,4-6H2,1-3H3. The van der Waals surface area contributed by atoms with Crippen LogP contribution in [0.15, 0.2) is 0 Å². The lowest BCUT2D eigenvalue weighted by atomic mass is 9.90. The molecule has 12 heavy (non-hydrogen) atoms. The summed E-state index contributed by atoms with van der Waals surface area (Å²) < 4.78 is 0. The van der Waals surface area contributed by atoms with Gasteiger partial charge in [0.25, 0.3) is 0 Å². The van der Waals surface area contributed by atoms with Crippen molar-refractivity contribution in [3.63, 3.8) is 0 Å². The van der Waals surface area contributed by atoms with Crippen molar-refractivity contribution < 1.29 is 9.59 Å². The maximum atomic E-state index is 11.3. The zero-order valence-corrected chi connectivity index (χ0v) is 8.17. The lowest BCUT2D eigenvalue weighted by Gasteiger charge is -2.11. The second-order valence-corrected chi connectivity index (χ2v) is 3.48. The molecule has 0 saturated heterocycles. The molecule has 0 radical (unpaired) electrons. The molecule has 0 aliphatic heterocycles. The Hall–Kier alpha value is -0.660. The molecule has 70 valence electrons. The molecule has 2 heteroatoms. The molecular formula is C10H18O2. The SMILES string of the molecule is CCCCC(=O)C(C=O)C(C)C. The number of carbonyl (C=O) groups is 2. The summed E-state index contributed by atoms with van der Waals surface area (Å²) >= 11 is 0. The topological polar surface area (TPSA) is 34.1 Å². The molecule has 0 aromatic rings. The van der Waals surface area contributed by atoms with Crippen molar-refractivity contribution in [2.45, 2.75) is 40.0 Å². The predicted molar refractivity (Wildman–Crippen MR) is 48.9 cm³/mol. The number of Topliss-reactive ketones (excluding diaryl/α,β-unsaturated/α-hetero) is 1. The lowest BCUT2D eigenvalue weighted by Crippen LogP contribution is -2.21. The highest BCUT2D eigenvalue weighted by atomic mass is 16.1. The van der Waals surface area contributed by atoms with Gasteiger partial charge < -0.3 is 4.79 Å². The normalized spacial score (nSPS) is 13.0. The van der Waals surface area contributed by atoms with E-state index in [4.69, 9.17) is 0 Å². The fraction of sp³-hybridized carbons (Fsp3) is 0.800. The first-order valence-corrected chi connectivity index (χ1v) is 4.61. The third kappa shape index (κ3) is 3.65. The molecule has 0 aliphatic carbocycles. The molecule has 0 aromatic heterocycles. The quantitative estimate of drug-likeness (QED) is 0.452. The second kappa shape index (κ2) is 5.92. The van der Waals surface area contributed by atoms with Crippen molar-refractivity contribution >= 4 is 12.1 Å². The molecule has 0 heterocycles. The Morgan fingerprint density at radius 2 is 2.00 bits per heavy atom. The molecule has 2 nitrogen and oxygen atoms in total. The van der Waals surface area contributed by atoms with Gasteiger partial charge in [-0.25, -0.2) is 0 Å². The number of aldehydes is 1. The number of rotatable bonds is 6. The lowest BCUT2D eigenvalue weighted by molar-refractivity contribution is -0.129. The molecule has 0 fully saturated rings. The first-order chi connectivity index (χ1) is 5.63. The fourth-order valence-corrected chi connectivity index (χ4v) is 1.12. The van der Waals surface area contributed by atoms with Gasteiger partial charge in [0, 0.05) is 6.42 Å². The van der Waals surface area contributed by atoms with Gasteiger partial charge in [0.05, 0.1) is 5.92 Å². The first kappa shape index (κ1) is 11.3. The smallest absolute Gasteiger partial charge is 0.143 e. The van der Waals surface area contributed by atoms with Gasteiger partial charge in [-0.05, 0) is 12.3 Å². The Morgan fingerprint density at radius 3 is 2.33 bits per heavy atom. The Balaban J connectivity index is 3.94. The van der Waals surface area contributed by atoms with Crippen LogP contribution >= 0.6 is 0 Å². The van der Waals surface area contributed by atoms with E-state index in [-0.39, 0.29) is 17.6 Å². The van der Waals surface area contributed by atoms with Gasteiger partial charge in [0.1, 0.15) is 12.1 Å². The molecule has 0 amide bonds. The van der Waals surface area contributed by atoms with Crippen molar-refractivity contribution in [2.75, 3.05) is 0 Å². The highest BCUT2D eigenvalue weighted by molar-refractivity contribution is 5.93. The van der Waals surface area contributed by atoms with E-state index in [1.807, 2.05) is 20.8 Å². The Labute approximate surface area is 74.3 Å². The van der Waals surface area contributed by atoms with Gasteiger partial charge in [-0.15, -0.1) is 0 Å². The van der Waals surface area contributed by atoms with Crippen molar-refractivity contribution in [1.82, 2.24) is 0 Å². The molecule has 1 atom stereocenters. The van der Waals surface area contributed by atoms with Crippen LogP contribution in [-0.2, 0) is 9.59 Å². The van der Waals surface area contributed by atoms with E-state index >= 15 is 0 Å². The monoisotopic (exact) mass is 170 g/mol. The maximum Gasteiger partial charge on any atom is 0.143 e. The average Bonchev–Trinajstić information content (AvgIpc) is 2.01. The van der Waals surface area contributed by atoms with E-state index in [1.165, 1.54) is 0 Å². The summed E-state index contributed by atoms with van der Waals surface area (Å²) in [6.07, 6.45) is 3.24. The van der Waals surface area contributed by atoms with Gasteiger partial charge in [0.15, 0.2) is 0 Å². The van der Waals surface area contributed by atoms with E-state index < -0.39 is 0 Å². The molecule has 0 saturated carbocycles. The van der Waals surface area contributed by atoms with E-state index in [9.17, 15) is 9.59 Å². The number of unbranched alkanes of at least 4 members (excludes halogenated alkanes) is 1. The summed E-state index contributed by atoms with van der Waals surface area (Å²) in [5.41, 5.74) is 0. The third-order valence-electron chi connectivity index (χ3n) is 2.01. The minimum absolute atomic E-state index is 0.0989. The van der Waals surface area contributed by atoms with Crippen LogP contribution in [0.4, 0.5) is 0 Å². The predicted octanol–water partition coefficient (Wildman–Crippen LogP) is 2.22. The van der Waals surface area contributed by atoms with Gasteiger partial charge in [-0.2, -0.15) is 0 Å². The van der Waals surface area contributed by atoms with Crippen LogP contribution < -0.4 is 0 Å². The third-order valence-corrected chi connectivity index (χ3v) is 2.01. The number of carbonyl (C=O) groups excluding carboxylic acids is 2. The van der Waals surface area contributed by atoms with Crippen LogP contribution in [0, 0.1) is 11.8 Å². The number of hydrogen-bond donors (Lipinski definition) is 0. The molecule has 0 aliphatic rings. The summed E-state index contributed by atoms with van der Waals surface area (Å²) in [4.78, 5) is 21.9. The fourth-order valence-electron chi connectivity index (χ4n) is 1.12. The van der Waals surface area contributed by atoms with Crippen molar-refractivity contribution in [1.29, 1.82) is 0 Å². The Bertz CT molecular complexity index is 150. The Kier molecular flexibility index (Phi) is 5.60. The number of ketones is 1. The number of hydrogen-bond acceptors (Lipinski definition) is 2. The Morgan fingerprint density at radius 1 is 1.42 bits per heavy atom. The molecule has 0 aromatic carbocycles. The van der Waals surface area contributed by atoms with E-state index in [0.29, 0.717) is 6.42 Å². The minimum atomic E-state index is -0.378. The van der Waals surface area contributed by atoms with Crippen LogP contribution in [0.2, 0.25) is 0 Å². The van der Waals surface area contributed by atoms with E-state index in [2.05, 4.69) is 0 Å². The van der Waals surface area contributed by atoms with Gasteiger partial charge in [-0.1, -0.05) is 27.2 Å². The van der Waals surface area contributed by atoms with Crippen LogP contribution in [0.5, 0.6) is 0 Å². The summed E-state index contributed by atoms with van der Waals surface area (Å²) in [7, 11) is 0. The minimum Gasteiger partial charge on any atom is -0.303 e. The van der Waals surface area contributed by atoms with E-state index in [0.717, 1.165) is 19.1 Å². The largest absolute Gasteiger partial charge is 0.303 e. The van der Waals surface area contributed by atoms with Crippen molar-refractivity contribution in [3.8, 4) is 0 Å². The summed E-state index contributed by atoms with van der Waals surface area (Å²) in [5.74, 6) is -0.134. The van der Waals surface area contributed by atoms with Crippen LogP contribution in [0.25, 0.3) is 0 Å². The highest BCUT2D eigenvalue weighted by Gasteiger charge is 2.19. The zero-order valence-electron chi connectivity index (χ0n) is 8.17. The van der Waals surface area contributed by atoms with Gasteiger partial charge in [0.2, 0.25) is 0 Å². The molecular weight excluding hydrogens is 152 g/mol. The van der Waals surface area contributed by atoms with E-state index in [1.54, 1.807) is 0 Å². The molecule has 0 spiro atoms. The molecule has 0 N–H and O–H groups in total. The van der Waals surface area contributed by atoms with Crippen LogP contribution in [0.1, 0.15) is 40.0 Å². The van der Waals surface area contributed by atoms with Crippen molar-refractivity contribution in [2.24, 2.45) is 11.8 Å². The molecule has 0 bridgehead atoms. The highest BCUT2D eigenvalue weighted by Crippen LogP contribution is 2.12. The summed E-state index contributed by atoms with van der Waals surface area (Å²) in [6.45, 7) is 5.85. The zero-order chi connectivity index (χ0) is 9.56. The van der Waals surface area contributed by atoms with Gasteiger partial charge >= 0.3 is 0 Å². The van der Waals surface area contributed by atoms with Gasteiger partial charge in [-0.3, -0.25) is 4.79 Å². The van der Waals surface area contributed by atoms with Crippen molar-refractivity contribution in [3.05, 3.63) is 0 Å². The van der Waals surface area contributed by atoms with Crippen LogP contribution in [-0.4, -0.2) is 12.1 Å². The summed E-state index contributed by atoms with van der Waals surface area (Å²) in [6, 6.07) is 0. The maximum absolute atomic E-state index is 11.3. The van der Waals surface area contributed by atoms with Crippen LogP contribution in [0.3, 0.4) is 0 Å². The second-order valence-electron chi connectivity index (χ2n) is 3.48. The average molecular weight is 170 g/mol.